The highest BCUT2D eigenvalue weighted by atomic mass is 16.7. The fourth-order valence-corrected chi connectivity index (χ4v) is 12.8. The lowest BCUT2D eigenvalue weighted by atomic mass is 9.45. The Morgan fingerprint density at radius 3 is 2.40 bits per heavy atom. The molecule has 2 amide bonds. The first-order valence-corrected chi connectivity index (χ1v) is 21.9. The third-order valence-electron chi connectivity index (χ3n) is 16.2. The van der Waals surface area contributed by atoms with Crippen molar-refractivity contribution in [2.24, 2.45) is 58.7 Å². The van der Waals surface area contributed by atoms with Crippen LogP contribution in [0.1, 0.15) is 118 Å². The lowest BCUT2D eigenvalue weighted by Gasteiger charge is -2.62. The summed E-state index contributed by atoms with van der Waals surface area (Å²) in [5, 5.41) is 23.1. The van der Waals surface area contributed by atoms with E-state index in [1.54, 1.807) is 7.05 Å². The van der Waals surface area contributed by atoms with Crippen molar-refractivity contribution in [3.8, 4) is 0 Å². The highest BCUT2D eigenvalue weighted by Crippen LogP contribution is 2.61. The number of ether oxygens (including phenoxy) is 1. The second-order valence-electron chi connectivity index (χ2n) is 19.5. The van der Waals surface area contributed by atoms with E-state index in [9.17, 15) is 14.7 Å². The molecule has 7 fully saturated rings. The first-order chi connectivity index (χ1) is 25.4. The Labute approximate surface area is 321 Å². The van der Waals surface area contributed by atoms with E-state index in [4.69, 9.17) is 9.57 Å². The minimum atomic E-state index is -0.494. The second-order valence-corrected chi connectivity index (χ2v) is 19.5. The van der Waals surface area contributed by atoms with Gasteiger partial charge in [0.1, 0.15) is 12.1 Å². The maximum absolute atomic E-state index is 14.8. The van der Waals surface area contributed by atoms with E-state index in [1.807, 2.05) is 12.2 Å². The lowest BCUT2D eigenvalue weighted by molar-refractivity contribution is -0.193. The normalized spacial score (nSPS) is 41.1. The van der Waals surface area contributed by atoms with Crippen molar-refractivity contribution in [3.63, 3.8) is 0 Å². The number of aliphatic hydroxyl groups excluding tert-OH is 1. The van der Waals surface area contributed by atoms with Crippen LogP contribution in [-0.2, 0) is 19.2 Å². The van der Waals surface area contributed by atoms with Crippen molar-refractivity contribution >= 4 is 11.8 Å². The van der Waals surface area contributed by atoms with E-state index in [0.29, 0.717) is 47.6 Å². The zero-order chi connectivity index (χ0) is 38.0. The molecule has 1 saturated heterocycles. The third-order valence-corrected chi connectivity index (χ3v) is 16.2. The molecule has 304 valence electrons. The van der Waals surface area contributed by atoms with Gasteiger partial charge in [-0.1, -0.05) is 59.3 Å². The highest BCUT2D eigenvalue weighted by molar-refractivity contribution is 5.83. The molecule has 6 aliphatic carbocycles. The molecule has 53 heavy (non-hydrogen) atoms. The van der Waals surface area contributed by atoms with Crippen LogP contribution in [0.4, 0.5) is 0 Å². The van der Waals surface area contributed by atoms with Gasteiger partial charge in [-0.3, -0.25) is 14.4 Å². The molecule has 1 aliphatic heterocycles. The molecule has 6 unspecified atom stereocenters. The Morgan fingerprint density at radius 2 is 1.75 bits per heavy atom. The summed E-state index contributed by atoms with van der Waals surface area (Å²) in [5.74, 6) is 3.46. The monoisotopic (exact) mass is 744 g/mol. The van der Waals surface area contributed by atoms with Gasteiger partial charge >= 0.3 is 0 Å². The van der Waals surface area contributed by atoms with E-state index in [1.165, 1.54) is 38.5 Å². The summed E-state index contributed by atoms with van der Waals surface area (Å²) in [6.07, 6.45) is 15.8. The van der Waals surface area contributed by atoms with Gasteiger partial charge in [0, 0.05) is 56.6 Å². The number of nitrogens with one attached hydrogen (secondary N) is 3. The molecule has 0 aromatic rings. The summed E-state index contributed by atoms with van der Waals surface area (Å²) >= 11 is 0. The average molecular weight is 744 g/mol. The Hall–Kier alpha value is -1.30. The van der Waals surface area contributed by atoms with E-state index < -0.39 is 12.1 Å². The first-order valence-electron chi connectivity index (χ1n) is 21.9. The molecular formula is C43H77N5O5. The molecule has 0 aromatic carbocycles. The van der Waals surface area contributed by atoms with Crippen LogP contribution in [0.2, 0.25) is 0 Å². The number of hydroxylamine groups is 2. The summed E-state index contributed by atoms with van der Waals surface area (Å²) < 4.78 is 6.44. The van der Waals surface area contributed by atoms with Crippen molar-refractivity contribution in [3.05, 3.63) is 0 Å². The van der Waals surface area contributed by atoms with E-state index in [-0.39, 0.29) is 54.4 Å². The van der Waals surface area contributed by atoms with Gasteiger partial charge in [0.05, 0.1) is 12.7 Å². The summed E-state index contributed by atoms with van der Waals surface area (Å²) in [6.45, 7) is 10.8. The fourth-order valence-electron chi connectivity index (χ4n) is 12.8. The number of aliphatic hydroxyl groups is 1. The quantitative estimate of drug-likeness (QED) is 0.191. The number of carbonyl (C=O) groups is 2. The van der Waals surface area contributed by atoms with E-state index in [2.05, 4.69) is 62.6 Å². The van der Waals surface area contributed by atoms with Crippen LogP contribution in [0.15, 0.2) is 0 Å². The topological polar surface area (TPSA) is 115 Å². The van der Waals surface area contributed by atoms with Crippen LogP contribution in [0.5, 0.6) is 0 Å². The third kappa shape index (κ3) is 8.83. The largest absolute Gasteiger partial charge is 0.394 e. The van der Waals surface area contributed by atoms with Gasteiger partial charge in [-0.15, -0.1) is 0 Å². The standard InChI is InChI=1S/C43H77N5O5/c1-26-35-22-32(43(35,3)4)23-36(26)46-42(51)39-38(27(2)45-18-17-28-13-10-9-11-14-28)37(25-49)53-48(39)24-29-15-12-16-34(40(29)52-8)30-19-31(41(50)44-5)21-33(20-30)47(6)7/h26-40,45,49H,9-25H2,1-8H3,(H,44,50)(H,46,51)/t26-,27-,29?,30?,31?,32+,33?,34?,35-,36-,37-,38+,39-,40?/m0/s1. The maximum Gasteiger partial charge on any atom is 0.240 e. The van der Waals surface area contributed by atoms with Crippen molar-refractivity contribution in [2.75, 3.05) is 47.9 Å². The Balaban J connectivity index is 1.20. The molecule has 4 N–H and O–H groups in total. The van der Waals surface area contributed by atoms with E-state index in [0.717, 1.165) is 63.8 Å². The Morgan fingerprint density at radius 1 is 1.00 bits per heavy atom. The SMILES string of the molecule is CNC(=O)C1CC(C2CCCC(CN3O[C@@H](CO)[C@@H]([C@H](C)NCCC4CCCCC4)[C@H]3C(=O)N[C@H]3C[C@H]4C[C@@H]([C@@H]3C)C4(C)C)C2OC)CC(N(C)C)C1. The van der Waals surface area contributed by atoms with Gasteiger partial charge in [-0.05, 0) is 120 Å². The second kappa shape index (κ2) is 17.9. The van der Waals surface area contributed by atoms with Gasteiger partial charge in [0.15, 0.2) is 0 Å². The molecule has 0 aromatic heterocycles. The minimum Gasteiger partial charge on any atom is -0.394 e. The van der Waals surface area contributed by atoms with Crippen molar-refractivity contribution < 1.29 is 24.3 Å². The average Bonchev–Trinajstić information content (AvgIpc) is 3.53. The number of nitrogens with zero attached hydrogens (tertiary/aromatic N) is 2. The summed E-state index contributed by atoms with van der Waals surface area (Å²) in [6, 6.07) is 0.0447. The number of methoxy groups -OCH3 is 1. The van der Waals surface area contributed by atoms with E-state index >= 15 is 0 Å². The summed E-state index contributed by atoms with van der Waals surface area (Å²) in [4.78, 5) is 36.7. The molecule has 10 nitrogen and oxygen atoms in total. The van der Waals surface area contributed by atoms with Crippen LogP contribution >= 0.6 is 0 Å². The van der Waals surface area contributed by atoms with Crippen LogP contribution in [0, 0.1) is 58.7 Å². The predicted octanol–water partition coefficient (Wildman–Crippen LogP) is 5.24. The Kier molecular flexibility index (Phi) is 13.9. The van der Waals surface area contributed by atoms with Gasteiger partial charge < -0.3 is 30.7 Å². The molecule has 6 saturated carbocycles. The zero-order valence-electron chi connectivity index (χ0n) is 34.7. The van der Waals surface area contributed by atoms with Crippen molar-refractivity contribution in [1.29, 1.82) is 0 Å². The number of fused-ring (bicyclic) bond motifs is 2. The predicted molar refractivity (Wildman–Crippen MR) is 210 cm³/mol. The van der Waals surface area contributed by atoms with Crippen molar-refractivity contribution in [1.82, 2.24) is 25.9 Å². The maximum atomic E-state index is 14.8. The van der Waals surface area contributed by atoms with Gasteiger partial charge in [0.2, 0.25) is 11.8 Å². The summed E-state index contributed by atoms with van der Waals surface area (Å²) in [7, 11) is 7.88. The number of hydrogen-bond donors (Lipinski definition) is 4. The summed E-state index contributed by atoms with van der Waals surface area (Å²) in [5.41, 5.74) is 0.350. The van der Waals surface area contributed by atoms with Crippen LogP contribution in [-0.4, -0.2) is 111 Å². The van der Waals surface area contributed by atoms with Gasteiger partial charge in [-0.25, -0.2) is 0 Å². The molecule has 0 spiro atoms. The number of carbonyl (C=O) groups excluding carboxylic acids is 2. The molecule has 2 bridgehead atoms. The molecule has 7 aliphatic rings. The number of amides is 2. The lowest BCUT2D eigenvalue weighted by Crippen LogP contribution is -2.63. The van der Waals surface area contributed by atoms with Crippen molar-refractivity contribution in [2.45, 2.75) is 154 Å². The smallest absolute Gasteiger partial charge is 0.240 e. The first kappa shape index (κ1) is 41.3. The molecule has 1 heterocycles. The van der Waals surface area contributed by atoms with Gasteiger partial charge in [-0.2, -0.15) is 5.06 Å². The molecule has 10 heteroatoms. The highest BCUT2D eigenvalue weighted by Gasteiger charge is 2.58. The molecular weight excluding hydrogens is 667 g/mol. The zero-order valence-corrected chi connectivity index (χ0v) is 34.7. The molecule has 14 atom stereocenters. The van der Waals surface area contributed by atoms with Crippen LogP contribution < -0.4 is 16.0 Å². The van der Waals surface area contributed by atoms with Crippen LogP contribution in [0.3, 0.4) is 0 Å². The Bertz CT molecular complexity index is 1210. The number of hydrogen-bond acceptors (Lipinski definition) is 8. The van der Waals surface area contributed by atoms with Crippen LogP contribution in [0.25, 0.3) is 0 Å². The van der Waals surface area contributed by atoms with Gasteiger partial charge in [0.25, 0.3) is 0 Å². The molecule has 7 rings (SSSR count). The minimum absolute atomic E-state index is 0.0102. The fraction of sp³-hybridized carbons (Fsp3) is 0.953. The molecule has 0 radical (unpaired) electrons. The number of rotatable bonds is 14.